The van der Waals surface area contributed by atoms with Gasteiger partial charge in [0.05, 0.1) is 5.69 Å². The minimum Gasteiger partial charge on any atom is -0.476 e. The van der Waals surface area contributed by atoms with Gasteiger partial charge in [0.1, 0.15) is 5.75 Å². The zero-order chi connectivity index (χ0) is 12.8. The SMILES string of the molecule is CC1(C)Oc2ccccc2N(C(C)(C)C)C1=O. The predicted octanol–water partition coefficient (Wildman–Crippen LogP) is 2.99. The summed E-state index contributed by atoms with van der Waals surface area (Å²) in [6, 6.07) is 7.67. The molecule has 1 aliphatic heterocycles. The average Bonchev–Trinajstić information content (AvgIpc) is 2.17. The molecule has 1 heterocycles. The zero-order valence-corrected chi connectivity index (χ0v) is 11.1. The van der Waals surface area contributed by atoms with Crippen LogP contribution >= 0.6 is 0 Å². The maximum absolute atomic E-state index is 12.5. The van der Waals surface area contributed by atoms with E-state index in [1.54, 1.807) is 0 Å². The van der Waals surface area contributed by atoms with Crippen molar-refractivity contribution in [3.05, 3.63) is 24.3 Å². The van der Waals surface area contributed by atoms with Crippen molar-refractivity contribution in [1.82, 2.24) is 0 Å². The molecule has 1 amide bonds. The van der Waals surface area contributed by atoms with Crippen LogP contribution in [0.15, 0.2) is 24.3 Å². The number of benzene rings is 1. The molecule has 3 heteroatoms. The smallest absolute Gasteiger partial charge is 0.271 e. The summed E-state index contributed by atoms with van der Waals surface area (Å²) >= 11 is 0. The van der Waals surface area contributed by atoms with Crippen molar-refractivity contribution in [2.24, 2.45) is 0 Å². The minimum absolute atomic E-state index is 0.00343. The van der Waals surface area contributed by atoms with E-state index in [4.69, 9.17) is 4.74 Å². The van der Waals surface area contributed by atoms with Crippen LogP contribution in [0.3, 0.4) is 0 Å². The summed E-state index contributed by atoms with van der Waals surface area (Å²) in [5.74, 6) is 0.774. The van der Waals surface area contributed by atoms with Gasteiger partial charge in [-0.25, -0.2) is 0 Å². The number of carbonyl (C=O) groups is 1. The highest BCUT2D eigenvalue weighted by Crippen LogP contribution is 2.40. The van der Waals surface area contributed by atoms with Gasteiger partial charge in [0, 0.05) is 5.54 Å². The lowest BCUT2D eigenvalue weighted by atomic mass is 9.96. The number of anilines is 1. The maximum atomic E-state index is 12.5. The van der Waals surface area contributed by atoms with Crippen LogP contribution in [-0.4, -0.2) is 17.0 Å². The highest BCUT2D eigenvalue weighted by atomic mass is 16.5. The van der Waals surface area contributed by atoms with E-state index in [1.807, 2.05) is 63.8 Å². The van der Waals surface area contributed by atoms with Gasteiger partial charge in [0.2, 0.25) is 0 Å². The zero-order valence-electron chi connectivity index (χ0n) is 11.1. The third-order valence-electron chi connectivity index (χ3n) is 2.86. The first-order valence-corrected chi connectivity index (χ1v) is 5.86. The van der Waals surface area contributed by atoms with E-state index in [1.165, 1.54) is 0 Å². The van der Waals surface area contributed by atoms with Crippen LogP contribution in [0.4, 0.5) is 5.69 Å². The van der Waals surface area contributed by atoms with Crippen molar-refractivity contribution < 1.29 is 9.53 Å². The summed E-state index contributed by atoms with van der Waals surface area (Å²) in [5.41, 5.74) is -0.208. The molecule has 3 nitrogen and oxygen atoms in total. The lowest BCUT2D eigenvalue weighted by Gasteiger charge is -2.45. The van der Waals surface area contributed by atoms with E-state index in [0.717, 1.165) is 11.4 Å². The monoisotopic (exact) mass is 233 g/mol. The van der Waals surface area contributed by atoms with Crippen molar-refractivity contribution >= 4 is 11.6 Å². The van der Waals surface area contributed by atoms with Crippen LogP contribution in [0.25, 0.3) is 0 Å². The Morgan fingerprint density at radius 3 is 2.35 bits per heavy atom. The molecule has 0 aromatic heterocycles. The molecule has 17 heavy (non-hydrogen) atoms. The standard InChI is InChI=1S/C14H19NO2/c1-13(2,3)15-10-8-6-7-9-11(10)17-14(4,5)12(15)16/h6-9H,1-5H3. The normalized spacial score (nSPS) is 18.6. The summed E-state index contributed by atoms with van der Waals surface area (Å²) in [5, 5.41) is 0. The summed E-state index contributed by atoms with van der Waals surface area (Å²) in [6.45, 7) is 9.71. The Morgan fingerprint density at radius 1 is 1.18 bits per heavy atom. The van der Waals surface area contributed by atoms with Gasteiger partial charge in [0.25, 0.3) is 5.91 Å². The summed E-state index contributed by atoms with van der Waals surface area (Å²) in [6.07, 6.45) is 0. The Balaban J connectivity index is 2.61. The number of nitrogens with zero attached hydrogens (tertiary/aromatic N) is 1. The molecule has 92 valence electrons. The lowest BCUT2D eigenvalue weighted by molar-refractivity contribution is -0.133. The molecule has 0 saturated carbocycles. The number of carbonyl (C=O) groups excluding carboxylic acids is 1. The molecule has 0 saturated heterocycles. The van der Waals surface area contributed by atoms with Gasteiger partial charge in [0.15, 0.2) is 5.60 Å². The molecule has 0 bridgehead atoms. The first-order valence-electron chi connectivity index (χ1n) is 5.86. The van der Waals surface area contributed by atoms with E-state index in [9.17, 15) is 4.79 Å². The van der Waals surface area contributed by atoms with Gasteiger partial charge in [-0.2, -0.15) is 0 Å². The molecule has 0 N–H and O–H groups in total. The number of fused-ring (bicyclic) bond motifs is 1. The number of rotatable bonds is 0. The number of amides is 1. The first-order chi connectivity index (χ1) is 7.73. The molecule has 0 spiro atoms. The number of ether oxygens (including phenoxy) is 1. The number of para-hydroxylation sites is 2. The van der Waals surface area contributed by atoms with Crippen molar-refractivity contribution in [2.45, 2.75) is 45.8 Å². The third-order valence-corrected chi connectivity index (χ3v) is 2.86. The second-order valence-corrected chi connectivity index (χ2v) is 5.89. The molecule has 1 aromatic rings. The summed E-state index contributed by atoms with van der Waals surface area (Å²) < 4.78 is 5.77. The Kier molecular flexibility index (Phi) is 2.45. The Bertz CT molecular complexity index is 458. The van der Waals surface area contributed by atoms with Crippen LogP contribution < -0.4 is 9.64 Å². The molecule has 1 aromatic carbocycles. The van der Waals surface area contributed by atoms with Crippen molar-refractivity contribution in [3.8, 4) is 5.75 Å². The average molecular weight is 233 g/mol. The molecule has 2 rings (SSSR count). The maximum Gasteiger partial charge on any atom is 0.271 e. The van der Waals surface area contributed by atoms with Crippen LogP contribution in [-0.2, 0) is 4.79 Å². The minimum atomic E-state index is -0.804. The van der Waals surface area contributed by atoms with Crippen LogP contribution in [0.2, 0.25) is 0 Å². The van der Waals surface area contributed by atoms with E-state index < -0.39 is 5.60 Å². The van der Waals surface area contributed by atoms with Crippen molar-refractivity contribution in [1.29, 1.82) is 0 Å². The van der Waals surface area contributed by atoms with Gasteiger partial charge in [-0.3, -0.25) is 4.79 Å². The Morgan fingerprint density at radius 2 is 1.76 bits per heavy atom. The fourth-order valence-corrected chi connectivity index (χ4v) is 2.09. The summed E-state index contributed by atoms with van der Waals surface area (Å²) in [7, 11) is 0. The van der Waals surface area contributed by atoms with E-state index in [-0.39, 0.29) is 11.4 Å². The lowest BCUT2D eigenvalue weighted by Crippen LogP contribution is -2.58. The molecule has 0 fully saturated rings. The Labute approximate surface area is 102 Å². The fourth-order valence-electron chi connectivity index (χ4n) is 2.09. The van der Waals surface area contributed by atoms with Gasteiger partial charge >= 0.3 is 0 Å². The molecule has 0 atom stereocenters. The molecular formula is C14H19NO2. The highest BCUT2D eigenvalue weighted by Gasteiger charge is 2.44. The third kappa shape index (κ3) is 1.90. The van der Waals surface area contributed by atoms with Gasteiger partial charge in [-0.15, -0.1) is 0 Å². The molecule has 1 aliphatic rings. The first kappa shape index (κ1) is 12.0. The second-order valence-electron chi connectivity index (χ2n) is 5.89. The number of hydrogen-bond donors (Lipinski definition) is 0. The number of hydrogen-bond acceptors (Lipinski definition) is 2. The predicted molar refractivity (Wildman–Crippen MR) is 68.4 cm³/mol. The summed E-state index contributed by atoms with van der Waals surface area (Å²) in [4.78, 5) is 14.3. The molecular weight excluding hydrogens is 214 g/mol. The Hall–Kier alpha value is -1.51. The largest absolute Gasteiger partial charge is 0.476 e. The van der Waals surface area contributed by atoms with Gasteiger partial charge in [-0.1, -0.05) is 12.1 Å². The van der Waals surface area contributed by atoms with Crippen molar-refractivity contribution in [2.75, 3.05) is 4.90 Å². The quantitative estimate of drug-likeness (QED) is 0.689. The van der Waals surface area contributed by atoms with Gasteiger partial charge in [-0.05, 0) is 46.8 Å². The highest BCUT2D eigenvalue weighted by molar-refractivity contribution is 6.03. The van der Waals surface area contributed by atoms with E-state index in [2.05, 4.69) is 0 Å². The molecule has 0 radical (unpaired) electrons. The second kappa shape index (κ2) is 3.49. The topological polar surface area (TPSA) is 29.5 Å². The van der Waals surface area contributed by atoms with Crippen molar-refractivity contribution in [3.63, 3.8) is 0 Å². The fraction of sp³-hybridized carbons (Fsp3) is 0.500. The van der Waals surface area contributed by atoms with E-state index >= 15 is 0 Å². The molecule has 0 unspecified atom stereocenters. The van der Waals surface area contributed by atoms with E-state index in [0.29, 0.717) is 0 Å². The van der Waals surface area contributed by atoms with Gasteiger partial charge < -0.3 is 9.64 Å². The molecule has 0 aliphatic carbocycles. The van der Waals surface area contributed by atoms with Crippen LogP contribution in [0.1, 0.15) is 34.6 Å². The van der Waals surface area contributed by atoms with Crippen LogP contribution in [0.5, 0.6) is 5.75 Å². The van der Waals surface area contributed by atoms with Crippen LogP contribution in [0, 0.1) is 0 Å².